The minimum atomic E-state index is -0.00437. The summed E-state index contributed by atoms with van der Waals surface area (Å²) in [5.74, 6) is 1.64. The third-order valence-corrected chi connectivity index (χ3v) is 5.72. The third-order valence-electron chi connectivity index (χ3n) is 4.70. The lowest BCUT2D eigenvalue weighted by Crippen LogP contribution is -2.42. The Bertz CT molecular complexity index is 609. The highest BCUT2D eigenvalue weighted by molar-refractivity contribution is 14.0. The molecule has 0 atom stereocenters. The maximum Gasteiger partial charge on any atom is 0.243 e. The highest BCUT2D eigenvalue weighted by Gasteiger charge is 2.41. The molecule has 1 saturated carbocycles. The number of carbonyl (C=O) groups excluding carboxylic acids is 1. The second-order valence-corrected chi connectivity index (χ2v) is 8.31. The summed E-state index contributed by atoms with van der Waals surface area (Å²) < 4.78 is 5.22. The predicted octanol–water partition coefficient (Wildman–Crippen LogP) is 2.84. The summed E-state index contributed by atoms with van der Waals surface area (Å²) in [7, 11) is 5.24. The first-order chi connectivity index (χ1) is 13.0. The van der Waals surface area contributed by atoms with Gasteiger partial charge in [0, 0.05) is 51.5 Å². The number of halogens is 1. The van der Waals surface area contributed by atoms with E-state index in [0.717, 1.165) is 31.9 Å². The molecule has 1 amide bonds. The molecule has 1 aromatic carbocycles. The molecule has 0 aliphatic heterocycles. The van der Waals surface area contributed by atoms with Crippen molar-refractivity contribution in [1.82, 2.24) is 15.5 Å². The quantitative estimate of drug-likeness (QED) is 0.155. The third kappa shape index (κ3) is 9.47. The van der Waals surface area contributed by atoms with Crippen LogP contribution in [0.25, 0.3) is 0 Å². The molecule has 1 aliphatic carbocycles. The van der Waals surface area contributed by atoms with E-state index in [1.54, 1.807) is 37.9 Å². The van der Waals surface area contributed by atoms with Gasteiger partial charge in [0.05, 0.1) is 0 Å². The summed E-state index contributed by atoms with van der Waals surface area (Å²) in [6.07, 6.45) is 3.50. The van der Waals surface area contributed by atoms with Gasteiger partial charge in [0.15, 0.2) is 5.96 Å². The molecule has 0 saturated heterocycles. The molecule has 158 valence electrons. The summed E-state index contributed by atoms with van der Waals surface area (Å²) in [6, 6.07) is 10.3. The zero-order valence-electron chi connectivity index (χ0n) is 17.1. The van der Waals surface area contributed by atoms with Crippen molar-refractivity contribution in [2.24, 2.45) is 10.4 Å². The lowest BCUT2D eigenvalue weighted by molar-refractivity contribution is -0.127. The van der Waals surface area contributed by atoms with Gasteiger partial charge in [-0.05, 0) is 36.8 Å². The first-order valence-corrected chi connectivity index (χ1v) is 10.4. The predicted molar refractivity (Wildman–Crippen MR) is 128 cm³/mol. The molecule has 2 rings (SSSR count). The SMILES string of the molecule is COCCC1(CNC(=NCC(=O)N(C)C)NCCSc2ccccc2)CC1.I. The number of aliphatic imine (C=N–C) groups is 1. The maximum atomic E-state index is 11.9. The van der Waals surface area contributed by atoms with Gasteiger partial charge in [-0.2, -0.15) is 0 Å². The van der Waals surface area contributed by atoms with Gasteiger partial charge in [-0.3, -0.25) is 4.79 Å². The van der Waals surface area contributed by atoms with Crippen LogP contribution in [0.1, 0.15) is 19.3 Å². The molecule has 2 N–H and O–H groups in total. The van der Waals surface area contributed by atoms with Crippen molar-refractivity contribution in [3.63, 3.8) is 0 Å². The van der Waals surface area contributed by atoms with E-state index in [0.29, 0.717) is 11.4 Å². The van der Waals surface area contributed by atoms with Crippen LogP contribution in [-0.4, -0.2) is 70.0 Å². The van der Waals surface area contributed by atoms with Crippen LogP contribution in [0.15, 0.2) is 40.2 Å². The Balaban J connectivity index is 0.00000392. The normalized spacial score (nSPS) is 14.8. The fourth-order valence-corrected chi connectivity index (χ4v) is 3.39. The van der Waals surface area contributed by atoms with Crippen molar-refractivity contribution in [3.8, 4) is 0 Å². The second kappa shape index (κ2) is 13.3. The summed E-state index contributed by atoms with van der Waals surface area (Å²) in [5, 5.41) is 6.78. The van der Waals surface area contributed by atoms with Gasteiger partial charge in [-0.25, -0.2) is 4.99 Å². The minimum absolute atomic E-state index is 0. The van der Waals surface area contributed by atoms with Gasteiger partial charge in [0.1, 0.15) is 6.54 Å². The highest BCUT2D eigenvalue weighted by atomic mass is 127. The average molecular weight is 520 g/mol. The van der Waals surface area contributed by atoms with Crippen molar-refractivity contribution in [3.05, 3.63) is 30.3 Å². The van der Waals surface area contributed by atoms with E-state index in [2.05, 4.69) is 27.8 Å². The molecule has 0 unspecified atom stereocenters. The van der Waals surface area contributed by atoms with Crippen LogP contribution in [-0.2, 0) is 9.53 Å². The number of hydrogen-bond donors (Lipinski definition) is 2. The molecule has 8 heteroatoms. The fraction of sp³-hybridized carbons (Fsp3) is 0.600. The highest BCUT2D eigenvalue weighted by Crippen LogP contribution is 2.48. The minimum Gasteiger partial charge on any atom is -0.385 e. The number of ether oxygens (including phenoxy) is 1. The number of amides is 1. The van der Waals surface area contributed by atoms with Gasteiger partial charge < -0.3 is 20.3 Å². The van der Waals surface area contributed by atoms with Crippen LogP contribution in [0.3, 0.4) is 0 Å². The van der Waals surface area contributed by atoms with Crippen LogP contribution in [0.2, 0.25) is 0 Å². The number of guanidine groups is 1. The summed E-state index contributed by atoms with van der Waals surface area (Å²) in [6.45, 7) is 2.59. The number of nitrogens with zero attached hydrogens (tertiary/aromatic N) is 2. The summed E-state index contributed by atoms with van der Waals surface area (Å²) in [5.41, 5.74) is 0.322. The van der Waals surface area contributed by atoms with Crippen LogP contribution >= 0.6 is 35.7 Å². The molecule has 0 bridgehead atoms. The van der Waals surface area contributed by atoms with E-state index in [1.165, 1.54) is 17.7 Å². The number of hydrogen-bond acceptors (Lipinski definition) is 4. The molecule has 0 aromatic heterocycles. The van der Waals surface area contributed by atoms with E-state index in [-0.39, 0.29) is 36.4 Å². The Kier molecular flexibility index (Phi) is 11.9. The first-order valence-electron chi connectivity index (χ1n) is 9.44. The number of likely N-dealkylation sites (N-methyl/N-ethyl adjacent to an activating group) is 1. The average Bonchev–Trinajstić information content (AvgIpc) is 3.45. The fourth-order valence-electron chi connectivity index (χ4n) is 2.60. The molecule has 1 aromatic rings. The van der Waals surface area contributed by atoms with Crippen LogP contribution in [0.5, 0.6) is 0 Å². The zero-order chi connectivity index (χ0) is 19.5. The smallest absolute Gasteiger partial charge is 0.243 e. The van der Waals surface area contributed by atoms with Crippen molar-refractivity contribution in [2.75, 3.05) is 53.2 Å². The largest absolute Gasteiger partial charge is 0.385 e. The standard InChI is InChI=1S/C20H32N4O2S.HI/c1-24(2)18(25)15-22-19(23-16-20(9-10-20)11-13-26-3)21-12-14-27-17-7-5-4-6-8-17;/h4-8H,9-16H2,1-3H3,(H2,21,22,23);1H. The number of carbonyl (C=O) groups is 1. The number of thioether (sulfide) groups is 1. The Morgan fingerprint density at radius 3 is 2.57 bits per heavy atom. The molecule has 0 spiro atoms. The van der Waals surface area contributed by atoms with E-state index in [9.17, 15) is 4.79 Å². The van der Waals surface area contributed by atoms with Crippen molar-refractivity contribution in [1.29, 1.82) is 0 Å². The molecule has 1 fully saturated rings. The Morgan fingerprint density at radius 2 is 1.96 bits per heavy atom. The molecule has 6 nitrogen and oxygen atoms in total. The second-order valence-electron chi connectivity index (χ2n) is 7.14. The van der Waals surface area contributed by atoms with Gasteiger partial charge in [-0.15, -0.1) is 35.7 Å². The van der Waals surface area contributed by atoms with Crippen molar-refractivity contribution >= 4 is 47.6 Å². The van der Waals surface area contributed by atoms with Crippen molar-refractivity contribution in [2.45, 2.75) is 24.2 Å². The van der Waals surface area contributed by atoms with Crippen LogP contribution < -0.4 is 10.6 Å². The number of methoxy groups -OCH3 is 1. The molecular formula is C20H33IN4O2S. The Morgan fingerprint density at radius 1 is 1.25 bits per heavy atom. The summed E-state index contributed by atoms with van der Waals surface area (Å²) >= 11 is 1.80. The van der Waals surface area contributed by atoms with Crippen LogP contribution in [0, 0.1) is 5.41 Å². The molecule has 0 heterocycles. The number of nitrogens with one attached hydrogen (secondary N) is 2. The lowest BCUT2D eigenvalue weighted by atomic mass is 10.0. The topological polar surface area (TPSA) is 66.0 Å². The zero-order valence-corrected chi connectivity index (χ0v) is 20.2. The number of benzene rings is 1. The maximum absolute atomic E-state index is 11.9. The number of rotatable bonds is 11. The van der Waals surface area contributed by atoms with Gasteiger partial charge >= 0.3 is 0 Å². The van der Waals surface area contributed by atoms with E-state index in [4.69, 9.17) is 4.74 Å². The monoisotopic (exact) mass is 520 g/mol. The van der Waals surface area contributed by atoms with Crippen molar-refractivity contribution < 1.29 is 9.53 Å². The molecular weight excluding hydrogens is 487 g/mol. The van der Waals surface area contributed by atoms with Gasteiger partial charge in [0.25, 0.3) is 0 Å². The molecule has 28 heavy (non-hydrogen) atoms. The van der Waals surface area contributed by atoms with Crippen LogP contribution in [0.4, 0.5) is 0 Å². The Labute approximate surface area is 190 Å². The molecule has 1 aliphatic rings. The molecule has 0 radical (unpaired) electrons. The lowest BCUT2D eigenvalue weighted by Gasteiger charge is -2.19. The van der Waals surface area contributed by atoms with E-state index < -0.39 is 0 Å². The van der Waals surface area contributed by atoms with E-state index >= 15 is 0 Å². The van der Waals surface area contributed by atoms with Gasteiger partial charge in [0.2, 0.25) is 5.91 Å². The Hall–Kier alpha value is -1.000. The van der Waals surface area contributed by atoms with E-state index in [1.807, 2.05) is 18.2 Å². The summed E-state index contributed by atoms with van der Waals surface area (Å²) in [4.78, 5) is 19.1. The first kappa shape index (κ1) is 25.0. The van der Waals surface area contributed by atoms with Gasteiger partial charge in [-0.1, -0.05) is 18.2 Å².